The standard InChI is InChI=1S/C23H22N4O/c1-27-22(19-9-3-2-4-10-19)16-26-23(27)25-15-18-8-7-12-21(14-18)28-17-20-11-5-6-13-24-20/h2-14,16H,15,17H2,1H3,(H,25,26). The van der Waals surface area contributed by atoms with Gasteiger partial charge in [-0.05, 0) is 35.4 Å². The fourth-order valence-corrected chi connectivity index (χ4v) is 3.02. The molecule has 0 radical (unpaired) electrons. The van der Waals surface area contributed by atoms with Crippen LogP contribution in [-0.4, -0.2) is 14.5 Å². The van der Waals surface area contributed by atoms with Crippen LogP contribution in [0.4, 0.5) is 5.95 Å². The molecule has 0 aliphatic carbocycles. The Kier molecular flexibility index (Phi) is 5.33. The second-order valence-corrected chi connectivity index (χ2v) is 6.50. The van der Waals surface area contributed by atoms with Gasteiger partial charge in [0.2, 0.25) is 5.95 Å². The van der Waals surface area contributed by atoms with Crippen LogP contribution in [0.1, 0.15) is 11.3 Å². The smallest absolute Gasteiger partial charge is 0.203 e. The number of rotatable bonds is 7. The summed E-state index contributed by atoms with van der Waals surface area (Å²) in [5.74, 6) is 1.66. The van der Waals surface area contributed by atoms with Gasteiger partial charge in [-0.25, -0.2) is 4.98 Å². The number of imidazole rings is 1. The average Bonchev–Trinajstić information content (AvgIpc) is 3.13. The Morgan fingerprint density at radius 1 is 0.929 bits per heavy atom. The third-order valence-electron chi connectivity index (χ3n) is 4.52. The van der Waals surface area contributed by atoms with E-state index in [1.807, 2.05) is 67.8 Å². The molecule has 2 aromatic carbocycles. The van der Waals surface area contributed by atoms with Crippen LogP contribution in [0.15, 0.2) is 85.2 Å². The minimum Gasteiger partial charge on any atom is -0.487 e. The van der Waals surface area contributed by atoms with E-state index in [1.54, 1.807) is 6.20 Å². The van der Waals surface area contributed by atoms with Crippen molar-refractivity contribution in [1.82, 2.24) is 14.5 Å². The predicted octanol–water partition coefficient (Wildman–Crippen LogP) is 4.67. The van der Waals surface area contributed by atoms with Gasteiger partial charge in [0.15, 0.2) is 0 Å². The molecular weight excluding hydrogens is 348 g/mol. The van der Waals surface area contributed by atoms with Gasteiger partial charge in [0.1, 0.15) is 12.4 Å². The molecule has 2 aromatic heterocycles. The number of hydrogen-bond acceptors (Lipinski definition) is 4. The molecule has 1 N–H and O–H groups in total. The molecule has 28 heavy (non-hydrogen) atoms. The second-order valence-electron chi connectivity index (χ2n) is 6.50. The maximum Gasteiger partial charge on any atom is 0.203 e. The Morgan fingerprint density at radius 3 is 2.61 bits per heavy atom. The van der Waals surface area contributed by atoms with Crippen LogP contribution >= 0.6 is 0 Å². The van der Waals surface area contributed by atoms with E-state index in [0.29, 0.717) is 13.2 Å². The fraction of sp³-hybridized carbons (Fsp3) is 0.130. The van der Waals surface area contributed by atoms with E-state index in [-0.39, 0.29) is 0 Å². The summed E-state index contributed by atoms with van der Waals surface area (Å²) in [6.07, 6.45) is 3.67. The molecule has 4 rings (SSSR count). The van der Waals surface area contributed by atoms with Crippen LogP contribution in [0, 0.1) is 0 Å². The number of aromatic nitrogens is 3. The first-order chi connectivity index (χ1) is 13.8. The molecule has 0 atom stereocenters. The molecular formula is C23H22N4O. The average molecular weight is 370 g/mol. The largest absolute Gasteiger partial charge is 0.487 e. The molecule has 0 unspecified atom stereocenters. The summed E-state index contributed by atoms with van der Waals surface area (Å²) >= 11 is 0. The molecule has 0 saturated carbocycles. The van der Waals surface area contributed by atoms with Crippen molar-refractivity contribution in [2.45, 2.75) is 13.2 Å². The normalized spacial score (nSPS) is 10.6. The summed E-state index contributed by atoms with van der Waals surface area (Å²) in [5.41, 5.74) is 4.27. The van der Waals surface area contributed by atoms with E-state index in [9.17, 15) is 0 Å². The molecule has 0 aliphatic heterocycles. The van der Waals surface area contributed by atoms with Crippen LogP contribution in [0.3, 0.4) is 0 Å². The van der Waals surface area contributed by atoms with Crippen molar-refractivity contribution in [3.63, 3.8) is 0 Å². The Morgan fingerprint density at radius 2 is 1.79 bits per heavy atom. The molecule has 0 saturated heterocycles. The lowest BCUT2D eigenvalue weighted by molar-refractivity contribution is 0.301. The molecule has 5 heteroatoms. The van der Waals surface area contributed by atoms with Gasteiger partial charge in [-0.15, -0.1) is 0 Å². The van der Waals surface area contributed by atoms with Gasteiger partial charge >= 0.3 is 0 Å². The molecule has 5 nitrogen and oxygen atoms in total. The highest BCUT2D eigenvalue weighted by molar-refractivity contribution is 5.61. The second kappa shape index (κ2) is 8.39. The summed E-state index contributed by atoms with van der Waals surface area (Å²) in [6.45, 7) is 1.12. The van der Waals surface area contributed by atoms with Crippen molar-refractivity contribution >= 4 is 5.95 Å². The maximum atomic E-state index is 5.86. The van der Waals surface area contributed by atoms with Gasteiger partial charge in [-0.1, -0.05) is 48.5 Å². The third-order valence-corrected chi connectivity index (χ3v) is 4.52. The molecule has 4 aromatic rings. The van der Waals surface area contributed by atoms with Gasteiger partial charge in [0.05, 0.1) is 17.6 Å². The zero-order chi connectivity index (χ0) is 19.2. The first kappa shape index (κ1) is 17.8. The van der Waals surface area contributed by atoms with Crippen molar-refractivity contribution in [1.29, 1.82) is 0 Å². The lowest BCUT2D eigenvalue weighted by Crippen LogP contribution is -2.06. The van der Waals surface area contributed by atoms with E-state index >= 15 is 0 Å². The summed E-state index contributed by atoms with van der Waals surface area (Å²) in [6, 6.07) is 24.1. The quantitative estimate of drug-likeness (QED) is 0.513. The van der Waals surface area contributed by atoms with Gasteiger partial charge in [-0.3, -0.25) is 4.98 Å². The van der Waals surface area contributed by atoms with Gasteiger partial charge in [-0.2, -0.15) is 0 Å². The number of benzene rings is 2. The molecule has 0 bridgehead atoms. The zero-order valence-electron chi connectivity index (χ0n) is 15.7. The monoisotopic (exact) mass is 370 g/mol. The first-order valence-electron chi connectivity index (χ1n) is 9.22. The summed E-state index contributed by atoms with van der Waals surface area (Å²) < 4.78 is 7.93. The van der Waals surface area contributed by atoms with Crippen LogP contribution in [0.2, 0.25) is 0 Å². The summed E-state index contributed by atoms with van der Waals surface area (Å²) in [5, 5.41) is 3.40. The van der Waals surface area contributed by atoms with Crippen LogP contribution in [0.5, 0.6) is 5.75 Å². The van der Waals surface area contributed by atoms with Crippen molar-refractivity contribution in [2.75, 3.05) is 5.32 Å². The lowest BCUT2D eigenvalue weighted by atomic mass is 10.2. The van der Waals surface area contributed by atoms with Crippen molar-refractivity contribution in [3.05, 3.63) is 96.4 Å². The van der Waals surface area contributed by atoms with Crippen molar-refractivity contribution in [3.8, 4) is 17.0 Å². The van der Waals surface area contributed by atoms with E-state index in [2.05, 4.69) is 38.1 Å². The number of hydrogen-bond donors (Lipinski definition) is 1. The minimum atomic E-state index is 0.456. The number of ether oxygens (including phenoxy) is 1. The molecule has 2 heterocycles. The van der Waals surface area contributed by atoms with Crippen LogP contribution in [0.25, 0.3) is 11.3 Å². The highest BCUT2D eigenvalue weighted by Crippen LogP contribution is 2.22. The zero-order valence-corrected chi connectivity index (χ0v) is 15.7. The Labute approximate surface area is 164 Å². The summed E-state index contributed by atoms with van der Waals surface area (Å²) in [4.78, 5) is 8.80. The minimum absolute atomic E-state index is 0.456. The number of nitrogens with one attached hydrogen (secondary N) is 1. The lowest BCUT2D eigenvalue weighted by Gasteiger charge is -2.10. The first-order valence-corrected chi connectivity index (χ1v) is 9.22. The highest BCUT2D eigenvalue weighted by Gasteiger charge is 2.08. The van der Waals surface area contributed by atoms with Gasteiger partial charge in [0.25, 0.3) is 0 Å². The molecule has 140 valence electrons. The van der Waals surface area contributed by atoms with Crippen LogP contribution in [-0.2, 0) is 20.2 Å². The van der Waals surface area contributed by atoms with E-state index < -0.39 is 0 Å². The highest BCUT2D eigenvalue weighted by atomic mass is 16.5. The Bertz CT molecular complexity index is 1030. The van der Waals surface area contributed by atoms with E-state index in [4.69, 9.17) is 4.74 Å². The summed E-state index contributed by atoms with van der Waals surface area (Å²) in [7, 11) is 2.02. The Hall–Kier alpha value is -3.60. The fourth-order valence-electron chi connectivity index (χ4n) is 3.02. The third kappa shape index (κ3) is 4.20. The molecule has 0 spiro atoms. The van der Waals surface area contributed by atoms with Gasteiger partial charge in [0, 0.05) is 19.8 Å². The van der Waals surface area contributed by atoms with Crippen molar-refractivity contribution < 1.29 is 4.74 Å². The maximum absolute atomic E-state index is 5.86. The molecule has 0 aliphatic rings. The predicted molar refractivity (Wildman–Crippen MR) is 111 cm³/mol. The SMILES string of the molecule is Cn1c(-c2ccccc2)cnc1NCc1cccc(OCc2ccccn2)c1. The number of anilines is 1. The van der Waals surface area contributed by atoms with E-state index in [1.165, 1.54) is 0 Å². The van der Waals surface area contributed by atoms with Gasteiger partial charge < -0.3 is 14.6 Å². The Balaban J connectivity index is 1.40. The number of pyridine rings is 1. The molecule has 0 fully saturated rings. The molecule has 0 amide bonds. The topological polar surface area (TPSA) is 52.0 Å². The van der Waals surface area contributed by atoms with E-state index in [0.717, 1.165) is 34.2 Å². The van der Waals surface area contributed by atoms with Crippen molar-refractivity contribution in [2.24, 2.45) is 7.05 Å². The number of nitrogens with zero attached hydrogens (tertiary/aromatic N) is 3. The van der Waals surface area contributed by atoms with Crippen LogP contribution < -0.4 is 10.1 Å².